The summed E-state index contributed by atoms with van der Waals surface area (Å²) in [5.74, 6) is 0.617. The summed E-state index contributed by atoms with van der Waals surface area (Å²) in [6.45, 7) is 3.47. The third-order valence-electron chi connectivity index (χ3n) is 2.83. The van der Waals surface area contributed by atoms with Crippen molar-refractivity contribution in [3.63, 3.8) is 0 Å². The van der Waals surface area contributed by atoms with Crippen molar-refractivity contribution < 1.29 is 9.90 Å². The number of hydrogen-bond donors (Lipinski definition) is 3. The zero-order valence-corrected chi connectivity index (χ0v) is 10.1. The molecule has 0 spiro atoms. The van der Waals surface area contributed by atoms with Gasteiger partial charge in [0.05, 0.1) is 12.1 Å². The van der Waals surface area contributed by atoms with Crippen molar-refractivity contribution in [2.24, 2.45) is 5.92 Å². The van der Waals surface area contributed by atoms with E-state index in [0.717, 1.165) is 0 Å². The van der Waals surface area contributed by atoms with Gasteiger partial charge in [-0.1, -0.05) is 18.9 Å². The molecule has 0 atom stereocenters. The first-order valence-electron chi connectivity index (χ1n) is 5.90. The number of allylic oxidation sites excluding steroid dienone is 1. The summed E-state index contributed by atoms with van der Waals surface area (Å²) in [6, 6.07) is -0.270. The zero-order valence-electron chi connectivity index (χ0n) is 10.1. The van der Waals surface area contributed by atoms with E-state index in [4.69, 9.17) is 5.11 Å². The first-order valence-corrected chi connectivity index (χ1v) is 5.90. The molecule has 0 heterocycles. The van der Waals surface area contributed by atoms with E-state index in [1.807, 2.05) is 0 Å². The lowest BCUT2D eigenvalue weighted by molar-refractivity contribution is 0.183. The van der Waals surface area contributed by atoms with Gasteiger partial charge in [0.15, 0.2) is 0 Å². The van der Waals surface area contributed by atoms with Gasteiger partial charge >= 0.3 is 6.03 Å². The number of amides is 2. The second kappa shape index (κ2) is 5.89. The fourth-order valence-electron chi connectivity index (χ4n) is 1.79. The molecule has 2 amide bonds. The van der Waals surface area contributed by atoms with Crippen molar-refractivity contribution in [1.29, 1.82) is 0 Å². The SMILES string of the molecule is CC(C)(CO)NC(=O)N/C=C/C1CCCC1. The fraction of sp³-hybridized carbons (Fsp3) is 0.750. The van der Waals surface area contributed by atoms with Crippen LogP contribution in [0.25, 0.3) is 0 Å². The van der Waals surface area contributed by atoms with Crippen molar-refractivity contribution in [3.8, 4) is 0 Å². The van der Waals surface area contributed by atoms with E-state index in [-0.39, 0.29) is 12.6 Å². The monoisotopic (exact) mass is 226 g/mol. The molecule has 0 saturated heterocycles. The third-order valence-corrected chi connectivity index (χ3v) is 2.83. The average molecular weight is 226 g/mol. The van der Waals surface area contributed by atoms with E-state index in [9.17, 15) is 4.79 Å². The first kappa shape index (κ1) is 13.0. The summed E-state index contributed by atoms with van der Waals surface area (Å²) in [5, 5.41) is 14.3. The summed E-state index contributed by atoms with van der Waals surface area (Å²) in [5.41, 5.74) is -0.578. The third kappa shape index (κ3) is 4.66. The molecule has 0 aromatic rings. The van der Waals surface area contributed by atoms with Crippen molar-refractivity contribution in [3.05, 3.63) is 12.3 Å². The van der Waals surface area contributed by atoms with Crippen molar-refractivity contribution in [2.75, 3.05) is 6.61 Å². The molecule has 16 heavy (non-hydrogen) atoms. The van der Waals surface area contributed by atoms with Crippen LogP contribution in [-0.2, 0) is 0 Å². The van der Waals surface area contributed by atoms with Crippen LogP contribution in [0.5, 0.6) is 0 Å². The fourth-order valence-corrected chi connectivity index (χ4v) is 1.79. The summed E-state index contributed by atoms with van der Waals surface area (Å²) >= 11 is 0. The number of aliphatic hydroxyl groups excluding tert-OH is 1. The predicted molar refractivity (Wildman–Crippen MR) is 63.9 cm³/mol. The molecule has 3 N–H and O–H groups in total. The Morgan fingerprint density at radius 1 is 1.44 bits per heavy atom. The Morgan fingerprint density at radius 3 is 2.62 bits per heavy atom. The number of aliphatic hydroxyl groups is 1. The highest BCUT2D eigenvalue weighted by Gasteiger charge is 2.18. The van der Waals surface area contributed by atoms with E-state index in [1.165, 1.54) is 25.7 Å². The van der Waals surface area contributed by atoms with E-state index in [1.54, 1.807) is 20.0 Å². The van der Waals surface area contributed by atoms with E-state index < -0.39 is 5.54 Å². The molecule has 4 nitrogen and oxygen atoms in total. The second-order valence-electron chi connectivity index (χ2n) is 5.04. The lowest BCUT2D eigenvalue weighted by atomic mass is 10.1. The van der Waals surface area contributed by atoms with Gasteiger partial charge in [-0.2, -0.15) is 0 Å². The van der Waals surface area contributed by atoms with Crippen LogP contribution in [0, 0.1) is 5.92 Å². The van der Waals surface area contributed by atoms with E-state index in [0.29, 0.717) is 5.92 Å². The summed E-state index contributed by atoms with van der Waals surface area (Å²) in [4.78, 5) is 11.4. The minimum absolute atomic E-state index is 0.0766. The van der Waals surface area contributed by atoms with Crippen LogP contribution in [0.2, 0.25) is 0 Å². The van der Waals surface area contributed by atoms with Crippen molar-refractivity contribution >= 4 is 6.03 Å². The lowest BCUT2D eigenvalue weighted by Gasteiger charge is -2.22. The summed E-state index contributed by atoms with van der Waals surface area (Å²) in [6.07, 6.45) is 8.79. The maximum Gasteiger partial charge on any atom is 0.319 e. The number of carbonyl (C=O) groups excluding carboxylic acids is 1. The molecule has 1 saturated carbocycles. The maximum absolute atomic E-state index is 11.4. The van der Waals surface area contributed by atoms with Crippen LogP contribution in [0.4, 0.5) is 4.79 Å². The molecule has 0 bridgehead atoms. The van der Waals surface area contributed by atoms with Gasteiger partial charge < -0.3 is 15.7 Å². The highest BCUT2D eigenvalue weighted by molar-refractivity contribution is 5.75. The number of carbonyl (C=O) groups is 1. The van der Waals surface area contributed by atoms with Gasteiger partial charge in [0.25, 0.3) is 0 Å². The van der Waals surface area contributed by atoms with Crippen LogP contribution in [-0.4, -0.2) is 23.3 Å². The van der Waals surface area contributed by atoms with Gasteiger partial charge in [0.2, 0.25) is 0 Å². The standard InChI is InChI=1S/C12H22N2O2/c1-12(2,9-15)14-11(16)13-8-7-10-5-3-4-6-10/h7-8,10,15H,3-6,9H2,1-2H3,(H2,13,14,16)/b8-7+. The van der Waals surface area contributed by atoms with E-state index in [2.05, 4.69) is 16.7 Å². The van der Waals surface area contributed by atoms with Gasteiger partial charge in [0.1, 0.15) is 0 Å². The van der Waals surface area contributed by atoms with Gasteiger partial charge in [0, 0.05) is 6.20 Å². The Morgan fingerprint density at radius 2 is 2.06 bits per heavy atom. The lowest BCUT2D eigenvalue weighted by Crippen LogP contribution is -2.49. The summed E-state index contributed by atoms with van der Waals surface area (Å²) in [7, 11) is 0. The Bertz CT molecular complexity index is 256. The molecule has 4 heteroatoms. The van der Waals surface area contributed by atoms with Crippen LogP contribution >= 0.6 is 0 Å². The average Bonchev–Trinajstić information content (AvgIpc) is 2.70. The molecule has 0 aromatic heterocycles. The maximum atomic E-state index is 11.4. The Hall–Kier alpha value is -1.03. The molecule has 0 unspecified atom stereocenters. The summed E-state index contributed by atoms with van der Waals surface area (Å²) < 4.78 is 0. The molecular weight excluding hydrogens is 204 g/mol. The Balaban J connectivity index is 2.24. The largest absolute Gasteiger partial charge is 0.394 e. The quantitative estimate of drug-likeness (QED) is 0.684. The van der Waals surface area contributed by atoms with Crippen molar-refractivity contribution in [2.45, 2.75) is 45.1 Å². The number of rotatable bonds is 4. The molecule has 1 fully saturated rings. The Labute approximate surface area is 97.1 Å². The van der Waals surface area contributed by atoms with Crippen LogP contribution < -0.4 is 10.6 Å². The highest BCUT2D eigenvalue weighted by Crippen LogP contribution is 2.25. The number of urea groups is 1. The Kier molecular flexibility index (Phi) is 4.80. The van der Waals surface area contributed by atoms with Gasteiger partial charge in [-0.15, -0.1) is 0 Å². The van der Waals surface area contributed by atoms with Gasteiger partial charge in [-0.25, -0.2) is 4.79 Å². The highest BCUT2D eigenvalue weighted by atomic mass is 16.3. The molecule has 1 rings (SSSR count). The molecule has 1 aliphatic carbocycles. The molecule has 1 aliphatic rings. The molecule has 0 aromatic carbocycles. The minimum atomic E-state index is -0.578. The number of hydrogen-bond acceptors (Lipinski definition) is 2. The minimum Gasteiger partial charge on any atom is -0.394 e. The number of nitrogens with one attached hydrogen (secondary N) is 2. The van der Waals surface area contributed by atoms with Crippen LogP contribution in [0.3, 0.4) is 0 Å². The zero-order chi connectivity index (χ0) is 12.0. The molecule has 0 radical (unpaired) electrons. The second-order valence-corrected chi connectivity index (χ2v) is 5.04. The predicted octanol–water partition coefficient (Wildman–Crippen LogP) is 1.76. The van der Waals surface area contributed by atoms with Gasteiger partial charge in [-0.3, -0.25) is 0 Å². The normalized spacial score (nSPS) is 17.9. The molecule has 0 aliphatic heterocycles. The smallest absolute Gasteiger partial charge is 0.319 e. The van der Waals surface area contributed by atoms with E-state index >= 15 is 0 Å². The molecular formula is C12H22N2O2. The first-order chi connectivity index (χ1) is 7.53. The topological polar surface area (TPSA) is 61.4 Å². The molecule has 92 valence electrons. The van der Waals surface area contributed by atoms with Crippen LogP contribution in [0.15, 0.2) is 12.3 Å². The van der Waals surface area contributed by atoms with Crippen LogP contribution in [0.1, 0.15) is 39.5 Å². The van der Waals surface area contributed by atoms with Crippen molar-refractivity contribution in [1.82, 2.24) is 10.6 Å². The van der Waals surface area contributed by atoms with Gasteiger partial charge in [-0.05, 0) is 32.6 Å².